The number of Topliss-reactive ketones (excluding diaryl/α,β-unsaturated/α-hetero) is 4. The Kier molecular flexibility index (Phi) is 72.5. The standard InChI is InChI=1S/4C20H39NO2.Zr/c4*1-6-10-12-18(8-3)15-21(20(23)14-17(5)22)16-19(9-4)13-11-7-2;/h4*18-19H,6-16H2,1-5H3;/q;;;;+4. The van der Waals surface area contributed by atoms with Crippen LogP contribution in [0.25, 0.3) is 0 Å². The number of unbranched alkanes of at least 4 members (excludes halogenated alkanes) is 8. The molecule has 13 heteroatoms. The van der Waals surface area contributed by atoms with Crippen LogP contribution in [0.4, 0.5) is 0 Å². The summed E-state index contributed by atoms with van der Waals surface area (Å²) in [5.74, 6) is 4.54. The number of amides is 4. The van der Waals surface area contributed by atoms with E-state index in [9.17, 15) is 38.4 Å². The number of carbonyl (C=O) groups excluding carboxylic acids is 8. The quantitative estimate of drug-likeness (QED) is 0.0546. The first-order valence-corrected chi connectivity index (χ1v) is 39.0. The minimum atomic E-state index is -0.0248. The van der Waals surface area contributed by atoms with Crippen LogP contribution in [-0.2, 0) is 64.6 Å². The van der Waals surface area contributed by atoms with Crippen LogP contribution in [-0.4, -0.2) is 119 Å². The molecule has 0 radical (unpaired) electrons. The van der Waals surface area contributed by atoms with Crippen molar-refractivity contribution in [3.05, 3.63) is 0 Å². The van der Waals surface area contributed by atoms with Crippen LogP contribution >= 0.6 is 0 Å². The molecular weight excluding hydrogens is 1240 g/mol. The van der Waals surface area contributed by atoms with E-state index in [1.807, 2.05) is 19.6 Å². The second-order valence-electron chi connectivity index (χ2n) is 28.0. The van der Waals surface area contributed by atoms with Gasteiger partial charge in [-0.25, -0.2) is 0 Å². The van der Waals surface area contributed by atoms with Crippen molar-refractivity contribution in [3.8, 4) is 0 Å². The molecule has 8 unspecified atom stereocenters. The smallest absolute Gasteiger partial charge is 0.342 e. The van der Waals surface area contributed by atoms with Crippen molar-refractivity contribution in [1.82, 2.24) is 19.6 Å². The third-order valence-corrected chi connectivity index (χ3v) is 19.2. The summed E-state index contributed by atoms with van der Waals surface area (Å²) in [4.78, 5) is 103. The molecular formula is C80H156N4O8Zr+4. The summed E-state index contributed by atoms with van der Waals surface area (Å²) >= 11 is 0. The first kappa shape index (κ1) is 99.1. The van der Waals surface area contributed by atoms with Crippen molar-refractivity contribution in [2.45, 2.75) is 370 Å². The number of hydrogen-bond donors (Lipinski definition) is 0. The summed E-state index contributed by atoms with van der Waals surface area (Å²) in [6, 6.07) is 0. The first-order valence-electron chi connectivity index (χ1n) is 39.0. The van der Waals surface area contributed by atoms with Gasteiger partial charge in [0.1, 0.15) is 23.1 Å². The van der Waals surface area contributed by atoms with Gasteiger partial charge in [-0.1, -0.05) is 265 Å². The van der Waals surface area contributed by atoms with E-state index in [0.717, 1.165) is 104 Å². The minimum Gasteiger partial charge on any atom is -0.342 e. The van der Waals surface area contributed by atoms with Crippen LogP contribution in [0, 0.1) is 47.3 Å². The largest absolute Gasteiger partial charge is 4.00 e. The van der Waals surface area contributed by atoms with Crippen molar-refractivity contribution in [3.63, 3.8) is 0 Å². The molecule has 0 aromatic carbocycles. The van der Waals surface area contributed by atoms with E-state index in [4.69, 9.17) is 0 Å². The molecule has 4 amide bonds. The fraction of sp³-hybridized carbons (Fsp3) is 0.900. The predicted molar refractivity (Wildman–Crippen MR) is 394 cm³/mol. The van der Waals surface area contributed by atoms with E-state index in [1.54, 1.807) is 0 Å². The van der Waals surface area contributed by atoms with Crippen LogP contribution in [0.2, 0.25) is 0 Å². The van der Waals surface area contributed by atoms with Gasteiger partial charge in [-0.15, -0.1) is 0 Å². The Morgan fingerprint density at radius 1 is 0.215 bits per heavy atom. The molecule has 8 atom stereocenters. The molecule has 0 aliphatic carbocycles. The topological polar surface area (TPSA) is 150 Å². The van der Waals surface area contributed by atoms with Gasteiger partial charge in [-0.2, -0.15) is 0 Å². The second-order valence-corrected chi connectivity index (χ2v) is 28.0. The Hall–Kier alpha value is -2.56. The molecule has 0 aromatic rings. The molecule has 0 aliphatic heterocycles. The van der Waals surface area contributed by atoms with Crippen LogP contribution in [0.3, 0.4) is 0 Å². The molecule has 93 heavy (non-hydrogen) atoms. The van der Waals surface area contributed by atoms with Gasteiger partial charge in [0.2, 0.25) is 23.6 Å². The minimum absolute atomic E-state index is 0. The summed E-state index contributed by atoms with van der Waals surface area (Å²) in [5, 5.41) is 0. The van der Waals surface area contributed by atoms with Crippen molar-refractivity contribution in [2.75, 3.05) is 52.4 Å². The Bertz CT molecular complexity index is 1500. The van der Waals surface area contributed by atoms with Gasteiger partial charge in [0.05, 0.1) is 25.7 Å². The van der Waals surface area contributed by atoms with E-state index < -0.39 is 0 Å². The summed E-state index contributed by atoms with van der Waals surface area (Å²) in [7, 11) is 0. The van der Waals surface area contributed by atoms with E-state index in [-0.39, 0.29) is 98.6 Å². The third-order valence-electron chi connectivity index (χ3n) is 19.2. The summed E-state index contributed by atoms with van der Waals surface area (Å²) in [6.45, 7) is 48.0. The van der Waals surface area contributed by atoms with Gasteiger partial charge in [0.25, 0.3) is 0 Å². The van der Waals surface area contributed by atoms with Crippen molar-refractivity contribution < 1.29 is 64.6 Å². The predicted octanol–water partition coefficient (Wildman–Crippen LogP) is 20.9. The molecule has 0 fully saturated rings. The second kappa shape index (κ2) is 68.0. The van der Waals surface area contributed by atoms with E-state index in [0.29, 0.717) is 47.3 Å². The zero-order chi connectivity index (χ0) is 70.7. The maximum atomic E-state index is 12.5. The summed E-state index contributed by atoms with van der Waals surface area (Å²) in [6.07, 6.45) is 38.0. The maximum absolute atomic E-state index is 12.5. The number of carbonyl (C=O) groups is 8. The van der Waals surface area contributed by atoms with Crippen LogP contribution in [0.1, 0.15) is 370 Å². The third kappa shape index (κ3) is 57.1. The average Bonchev–Trinajstić information content (AvgIpc) is 2.66. The normalized spacial score (nSPS) is 13.5. The van der Waals surface area contributed by atoms with Gasteiger partial charge in [0.15, 0.2) is 0 Å². The van der Waals surface area contributed by atoms with Crippen molar-refractivity contribution in [1.29, 1.82) is 0 Å². The van der Waals surface area contributed by atoms with Gasteiger partial charge in [-0.3, -0.25) is 38.4 Å². The molecule has 0 heterocycles. The van der Waals surface area contributed by atoms with E-state index >= 15 is 0 Å². The van der Waals surface area contributed by atoms with Crippen LogP contribution < -0.4 is 0 Å². The van der Waals surface area contributed by atoms with Crippen molar-refractivity contribution >= 4 is 46.8 Å². The fourth-order valence-corrected chi connectivity index (χ4v) is 12.2. The number of nitrogens with zero attached hydrogens (tertiary/aromatic N) is 4. The molecule has 0 saturated carbocycles. The SMILES string of the molecule is CCCCC(CC)CN(CC(CC)CCCC)C(=O)CC(C)=O.CCCCC(CC)CN(CC(CC)CCCC)C(=O)CC(C)=O.CCCCC(CC)CN(CC(CC)CCCC)C(=O)CC(C)=O.CCCCC(CC)CN(CC(CC)CCCC)C(=O)CC(C)=O.[Zr+4]. The summed E-state index contributed by atoms with van der Waals surface area (Å²) < 4.78 is 0. The first-order chi connectivity index (χ1) is 43.9. The average molecular weight is 1390 g/mol. The van der Waals surface area contributed by atoms with Gasteiger partial charge in [0, 0.05) is 52.4 Å². The van der Waals surface area contributed by atoms with Crippen molar-refractivity contribution in [2.24, 2.45) is 47.3 Å². The monoisotopic (exact) mass is 1390 g/mol. The number of rotatable bonds is 56. The molecule has 12 nitrogen and oxygen atoms in total. The Labute approximate surface area is 596 Å². The number of ketones is 4. The zero-order valence-electron chi connectivity index (χ0n) is 65.3. The molecule has 544 valence electrons. The maximum Gasteiger partial charge on any atom is 4.00 e. The zero-order valence-corrected chi connectivity index (χ0v) is 67.7. The van der Waals surface area contributed by atoms with Crippen LogP contribution in [0.5, 0.6) is 0 Å². The van der Waals surface area contributed by atoms with E-state index in [2.05, 4.69) is 111 Å². The van der Waals surface area contributed by atoms with Gasteiger partial charge < -0.3 is 19.6 Å². The Balaban J connectivity index is -0.000000369. The molecule has 0 rings (SSSR count). The molecule has 0 aliphatic rings. The Morgan fingerprint density at radius 3 is 0.398 bits per heavy atom. The molecule has 0 aromatic heterocycles. The summed E-state index contributed by atoms with van der Waals surface area (Å²) in [5.41, 5.74) is 0. The fourth-order valence-electron chi connectivity index (χ4n) is 12.2. The molecule has 0 spiro atoms. The molecule has 0 bridgehead atoms. The molecule has 0 N–H and O–H groups in total. The van der Waals surface area contributed by atoms with Crippen LogP contribution in [0.15, 0.2) is 0 Å². The van der Waals surface area contributed by atoms with E-state index in [1.165, 1.54) is 182 Å². The van der Waals surface area contributed by atoms with Gasteiger partial charge in [-0.05, 0) is 126 Å². The molecule has 0 saturated heterocycles. The van der Waals surface area contributed by atoms with Gasteiger partial charge >= 0.3 is 26.2 Å². The number of hydrogen-bond acceptors (Lipinski definition) is 8. The Morgan fingerprint density at radius 2 is 0.323 bits per heavy atom.